The van der Waals surface area contributed by atoms with E-state index in [1.807, 2.05) is 37.4 Å². The maximum Gasteiger partial charge on any atom is 0.103 e. The lowest BCUT2D eigenvalue weighted by molar-refractivity contribution is 0.469. The topological polar surface area (TPSA) is 25.2 Å². The fourth-order valence-corrected chi connectivity index (χ4v) is 2.14. The van der Waals surface area contributed by atoms with Crippen LogP contribution in [0.1, 0.15) is 23.8 Å². The van der Waals surface area contributed by atoms with E-state index in [2.05, 4.69) is 11.4 Å². The van der Waals surface area contributed by atoms with Crippen LogP contribution in [-0.4, -0.2) is 7.05 Å². The maximum absolute atomic E-state index is 6.00. The van der Waals surface area contributed by atoms with Gasteiger partial charge in [-0.3, -0.25) is 0 Å². The zero-order valence-electron chi connectivity index (χ0n) is 9.82. The number of nitrogens with one attached hydrogen (secondary N) is 1. The molecular weight excluding hydrogens is 234 g/mol. The summed E-state index contributed by atoms with van der Waals surface area (Å²) in [5.74, 6) is 1.02. The molecule has 90 valence electrons. The average Bonchev–Trinajstić information content (AvgIpc) is 2.83. The normalized spacial score (nSPS) is 12.6. The van der Waals surface area contributed by atoms with E-state index in [9.17, 15) is 0 Å². The summed E-state index contributed by atoms with van der Waals surface area (Å²) < 4.78 is 5.33. The van der Waals surface area contributed by atoms with Gasteiger partial charge in [0.25, 0.3) is 0 Å². The molecule has 1 heterocycles. The van der Waals surface area contributed by atoms with E-state index >= 15 is 0 Å². The van der Waals surface area contributed by atoms with Gasteiger partial charge >= 0.3 is 0 Å². The fourth-order valence-electron chi connectivity index (χ4n) is 1.94. The molecule has 1 aromatic carbocycles. The molecule has 0 saturated carbocycles. The van der Waals surface area contributed by atoms with Crippen molar-refractivity contribution in [2.24, 2.45) is 0 Å². The van der Waals surface area contributed by atoms with Crippen LogP contribution in [0, 0.1) is 0 Å². The Morgan fingerprint density at radius 3 is 2.82 bits per heavy atom. The molecule has 2 rings (SSSR count). The molecular formula is C14H16ClNO. The minimum absolute atomic E-state index is 0.304. The van der Waals surface area contributed by atoms with Gasteiger partial charge in [-0.05, 0) is 43.3 Å². The lowest BCUT2D eigenvalue weighted by Crippen LogP contribution is -2.17. The summed E-state index contributed by atoms with van der Waals surface area (Å²) >= 11 is 6.00. The van der Waals surface area contributed by atoms with Gasteiger partial charge in [-0.2, -0.15) is 0 Å². The number of hydrogen-bond donors (Lipinski definition) is 1. The Labute approximate surface area is 107 Å². The molecule has 0 radical (unpaired) electrons. The van der Waals surface area contributed by atoms with E-state index in [0.29, 0.717) is 6.04 Å². The maximum atomic E-state index is 6.00. The first-order valence-electron chi connectivity index (χ1n) is 5.74. The molecule has 17 heavy (non-hydrogen) atoms. The highest BCUT2D eigenvalue weighted by Crippen LogP contribution is 2.21. The molecule has 0 aliphatic rings. The Kier molecular flexibility index (Phi) is 4.24. The smallest absolute Gasteiger partial charge is 0.103 e. The third-order valence-corrected chi connectivity index (χ3v) is 3.09. The number of aryl methyl sites for hydroxylation is 1. The average molecular weight is 250 g/mol. The van der Waals surface area contributed by atoms with Crippen LogP contribution in [0.5, 0.6) is 0 Å². The number of rotatable bonds is 5. The lowest BCUT2D eigenvalue weighted by Gasteiger charge is -2.16. The van der Waals surface area contributed by atoms with E-state index in [4.69, 9.17) is 16.0 Å². The van der Waals surface area contributed by atoms with Gasteiger partial charge in [0.05, 0.1) is 6.26 Å². The van der Waals surface area contributed by atoms with Crippen molar-refractivity contribution < 1.29 is 4.42 Å². The summed E-state index contributed by atoms with van der Waals surface area (Å²) in [6.45, 7) is 0. The van der Waals surface area contributed by atoms with Gasteiger partial charge in [-0.1, -0.05) is 23.7 Å². The van der Waals surface area contributed by atoms with Crippen molar-refractivity contribution in [3.8, 4) is 0 Å². The molecule has 3 heteroatoms. The van der Waals surface area contributed by atoms with E-state index < -0.39 is 0 Å². The molecule has 0 aliphatic heterocycles. The third kappa shape index (κ3) is 3.35. The Bertz CT molecular complexity index is 453. The van der Waals surface area contributed by atoms with Gasteiger partial charge in [0.2, 0.25) is 0 Å². The second-order valence-corrected chi connectivity index (χ2v) is 4.45. The van der Waals surface area contributed by atoms with Crippen molar-refractivity contribution in [2.75, 3.05) is 7.05 Å². The molecule has 0 bridgehead atoms. The van der Waals surface area contributed by atoms with E-state index in [-0.39, 0.29) is 0 Å². The van der Waals surface area contributed by atoms with E-state index in [0.717, 1.165) is 23.6 Å². The highest BCUT2D eigenvalue weighted by atomic mass is 35.5. The molecule has 0 saturated heterocycles. The van der Waals surface area contributed by atoms with Crippen LogP contribution in [0.2, 0.25) is 5.02 Å². The molecule has 1 atom stereocenters. The Hall–Kier alpha value is -1.25. The van der Waals surface area contributed by atoms with Gasteiger partial charge in [-0.15, -0.1) is 0 Å². The first-order valence-corrected chi connectivity index (χ1v) is 6.12. The predicted molar refractivity (Wildman–Crippen MR) is 70.3 cm³/mol. The monoisotopic (exact) mass is 249 g/mol. The Balaban J connectivity index is 2.01. The Morgan fingerprint density at radius 2 is 2.18 bits per heavy atom. The molecule has 0 aliphatic carbocycles. The number of hydrogen-bond acceptors (Lipinski definition) is 2. The molecule has 2 aromatic rings. The molecule has 2 nitrogen and oxygen atoms in total. The SMILES string of the molecule is CNC(CCc1ccco1)c1cccc(Cl)c1. The third-order valence-electron chi connectivity index (χ3n) is 2.86. The van der Waals surface area contributed by atoms with E-state index in [1.54, 1.807) is 6.26 Å². The molecule has 0 spiro atoms. The summed E-state index contributed by atoms with van der Waals surface area (Å²) in [5.41, 5.74) is 1.21. The van der Waals surface area contributed by atoms with Gasteiger partial charge in [0.15, 0.2) is 0 Å². The summed E-state index contributed by atoms with van der Waals surface area (Å²) in [6.07, 6.45) is 3.62. The molecule has 1 N–H and O–H groups in total. The highest BCUT2D eigenvalue weighted by Gasteiger charge is 2.10. The largest absolute Gasteiger partial charge is 0.469 e. The molecule has 1 aromatic heterocycles. The first kappa shape index (κ1) is 12.2. The van der Waals surface area contributed by atoms with Crippen LogP contribution >= 0.6 is 11.6 Å². The Morgan fingerprint density at radius 1 is 1.29 bits per heavy atom. The van der Waals surface area contributed by atoms with Crippen molar-refractivity contribution in [2.45, 2.75) is 18.9 Å². The van der Waals surface area contributed by atoms with Crippen molar-refractivity contribution in [3.05, 3.63) is 59.0 Å². The summed E-state index contributed by atoms with van der Waals surface area (Å²) in [5, 5.41) is 4.09. The second-order valence-electron chi connectivity index (χ2n) is 4.01. The fraction of sp³-hybridized carbons (Fsp3) is 0.286. The number of furan rings is 1. The second kappa shape index (κ2) is 5.89. The first-order chi connectivity index (χ1) is 8.29. The van der Waals surface area contributed by atoms with Gasteiger partial charge < -0.3 is 9.73 Å². The van der Waals surface area contributed by atoms with E-state index in [1.165, 1.54) is 5.56 Å². The van der Waals surface area contributed by atoms with Gasteiger partial charge in [-0.25, -0.2) is 0 Å². The van der Waals surface area contributed by atoms with Crippen LogP contribution in [-0.2, 0) is 6.42 Å². The molecule has 0 fully saturated rings. The van der Waals surface area contributed by atoms with Gasteiger partial charge in [0, 0.05) is 17.5 Å². The number of benzene rings is 1. The quantitative estimate of drug-likeness (QED) is 0.871. The van der Waals surface area contributed by atoms with Crippen LogP contribution in [0.3, 0.4) is 0 Å². The summed E-state index contributed by atoms with van der Waals surface area (Å²) in [7, 11) is 1.97. The van der Waals surface area contributed by atoms with Crippen LogP contribution in [0.25, 0.3) is 0 Å². The minimum Gasteiger partial charge on any atom is -0.469 e. The van der Waals surface area contributed by atoms with Gasteiger partial charge in [0.1, 0.15) is 5.76 Å². The number of halogens is 1. The van der Waals surface area contributed by atoms with Crippen molar-refractivity contribution in [1.82, 2.24) is 5.32 Å². The van der Waals surface area contributed by atoms with Crippen molar-refractivity contribution in [3.63, 3.8) is 0 Å². The van der Waals surface area contributed by atoms with Crippen molar-refractivity contribution >= 4 is 11.6 Å². The van der Waals surface area contributed by atoms with Crippen LogP contribution in [0.4, 0.5) is 0 Å². The molecule has 0 amide bonds. The zero-order chi connectivity index (χ0) is 12.1. The van der Waals surface area contributed by atoms with Crippen LogP contribution < -0.4 is 5.32 Å². The highest BCUT2D eigenvalue weighted by molar-refractivity contribution is 6.30. The van der Waals surface area contributed by atoms with Crippen molar-refractivity contribution in [1.29, 1.82) is 0 Å². The lowest BCUT2D eigenvalue weighted by atomic mass is 10.0. The minimum atomic E-state index is 0.304. The summed E-state index contributed by atoms with van der Waals surface area (Å²) in [4.78, 5) is 0. The standard InChI is InChI=1S/C14H16ClNO/c1-16-14(8-7-13-6-3-9-17-13)11-4-2-5-12(15)10-11/h2-6,9-10,14,16H,7-8H2,1H3. The molecule has 1 unspecified atom stereocenters. The summed E-state index contributed by atoms with van der Waals surface area (Å²) in [6, 6.07) is 12.2. The zero-order valence-corrected chi connectivity index (χ0v) is 10.6. The van der Waals surface area contributed by atoms with Crippen LogP contribution in [0.15, 0.2) is 47.1 Å². The predicted octanol–water partition coefficient (Wildman–Crippen LogP) is 3.83.